The van der Waals surface area contributed by atoms with Crippen molar-refractivity contribution in [3.05, 3.63) is 77.1 Å². The molecule has 44 heavy (non-hydrogen) atoms. The third kappa shape index (κ3) is 8.55. The molecule has 0 amide bonds. The Bertz CT molecular complexity index is 1420. The second-order valence-corrected chi connectivity index (χ2v) is 11.1. The summed E-state index contributed by atoms with van der Waals surface area (Å²) < 4.78 is 64.9. The number of anilines is 2. The molecule has 238 valence electrons. The van der Waals surface area contributed by atoms with Gasteiger partial charge in [0.2, 0.25) is 0 Å². The molecule has 0 bridgehead atoms. The van der Waals surface area contributed by atoms with Crippen LogP contribution in [0.4, 0.5) is 33.6 Å². The van der Waals surface area contributed by atoms with Crippen molar-refractivity contribution in [1.82, 2.24) is 14.9 Å². The molecule has 8 nitrogen and oxygen atoms in total. The number of nitrogens with zero attached hydrogens (tertiary/aromatic N) is 4. The van der Waals surface area contributed by atoms with Gasteiger partial charge in [0.15, 0.2) is 23.2 Å². The zero-order chi connectivity index (χ0) is 32.0. The van der Waals surface area contributed by atoms with E-state index in [0.717, 1.165) is 61.7 Å². The molecule has 3 aromatic rings. The van der Waals surface area contributed by atoms with Gasteiger partial charge in [-0.1, -0.05) is 30.3 Å². The maximum absolute atomic E-state index is 14.1. The Labute approximate surface area is 252 Å². The van der Waals surface area contributed by atoms with Gasteiger partial charge in [-0.15, -0.1) is 0 Å². The Morgan fingerprint density at radius 1 is 1.07 bits per heavy atom. The smallest absolute Gasteiger partial charge is 0.487 e. The summed E-state index contributed by atoms with van der Waals surface area (Å²) in [4.78, 5) is 23.9. The van der Waals surface area contributed by atoms with Gasteiger partial charge in [0.1, 0.15) is 11.9 Å². The minimum atomic E-state index is -5.08. The SMILES string of the molecule is CC(C)Nc1nc2c(nc1N1CCC(Oc3ccc(F)cc3F)CC1)C(C)N(Cc1ccccc1)CC2.O=C(O)C(F)(F)F. The number of carboxylic acid groups (broad SMARTS) is 1. The lowest BCUT2D eigenvalue weighted by Crippen LogP contribution is -2.40. The monoisotopic (exact) mass is 621 g/mol. The first-order chi connectivity index (χ1) is 20.8. The number of aliphatic carboxylic acids is 1. The van der Waals surface area contributed by atoms with Crippen molar-refractivity contribution in [2.45, 2.75) is 70.9 Å². The van der Waals surface area contributed by atoms with E-state index in [2.05, 4.69) is 60.2 Å². The molecule has 2 N–H and O–H groups in total. The van der Waals surface area contributed by atoms with E-state index in [4.69, 9.17) is 24.6 Å². The standard InChI is InChI=1S/C29H35F2N5O.C2HF3O2/c1-19(2)32-28-29(35-14-11-23(12-15-35)37-26-10-9-22(30)17-24(26)31)34-27-20(3)36(16-13-25(27)33-28)18-21-7-5-4-6-8-21;3-2(4,5)1(6)7/h4-10,17,19-20,23H,11-16,18H2,1-3H3,(H,32,33);(H,6,7). The number of fused-ring (bicyclic) bond motifs is 1. The number of nitrogens with one attached hydrogen (secondary N) is 1. The highest BCUT2D eigenvalue weighted by atomic mass is 19.4. The van der Waals surface area contributed by atoms with Crippen LogP contribution in [0.15, 0.2) is 48.5 Å². The van der Waals surface area contributed by atoms with Crippen LogP contribution in [0.3, 0.4) is 0 Å². The van der Waals surface area contributed by atoms with Gasteiger partial charge in [0.05, 0.1) is 17.4 Å². The predicted octanol–water partition coefficient (Wildman–Crippen LogP) is 6.38. The summed E-state index contributed by atoms with van der Waals surface area (Å²) >= 11 is 0. The van der Waals surface area contributed by atoms with Crippen LogP contribution in [0, 0.1) is 11.6 Å². The lowest BCUT2D eigenvalue weighted by atomic mass is 10.0. The van der Waals surface area contributed by atoms with E-state index in [9.17, 15) is 22.0 Å². The Morgan fingerprint density at radius 3 is 2.32 bits per heavy atom. The molecule has 0 aliphatic carbocycles. The van der Waals surface area contributed by atoms with Gasteiger partial charge in [0.25, 0.3) is 0 Å². The summed E-state index contributed by atoms with van der Waals surface area (Å²) in [5.74, 6) is -2.24. The number of hydrogen-bond donors (Lipinski definition) is 2. The molecule has 1 saturated heterocycles. The highest BCUT2D eigenvalue weighted by Gasteiger charge is 2.38. The van der Waals surface area contributed by atoms with E-state index < -0.39 is 23.8 Å². The molecular formula is C31H36F5N5O3. The Hall–Kier alpha value is -4.00. The summed E-state index contributed by atoms with van der Waals surface area (Å²) in [5.41, 5.74) is 3.40. The fraction of sp³-hybridized carbons (Fsp3) is 0.452. The summed E-state index contributed by atoms with van der Waals surface area (Å²) in [6.45, 7) is 9.69. The average molecular weight is 622 g/mol. The number of hydrogen-bond acceptors (Lipinski definition) is 7. The van der Waals surface area contributed by atoms with E-state index in [-0.39, 0.29) is 23.9 Å². The second kappa shape index (κ2) is 14.2. The van der Waals surface area contributed by atoms with Crippen LogP contribution in [0.2, 0.25) is 0 Å². The third-order valence-electron chi connectivity index (χ3n) is 7.39. The quantitative estimate of drug-likeness (QED) is 0.294. The van der Waals surface area contributed by atoms with Crippen molar-refractivity contribution in [1.29, 1.82) is 0 Å². The zero-order valence-corrected chi connectivity index (χ0v) is 24.7. The first-order valence-corrected chi connectivity index (χ1v) is 14.4. The van der Waals surface area contributed by atoms with Gasteiger partial charge >= 0.3 is 12.1 Å². The molecule has 13 heteroatoms. The lowest BCUT2D eigenvalue weighted by Gasteiger charge is -2.37. The fourth-order valence-electron chi connectivity index (χ4n) is 5.17. The van der Waals surface area contributed by atoms with E-state index in [1.807, 2.05) is 6.07 Å². The summed E-state index contributed by atoms with van der Waals surface area (Å²) in [6.07, 6.45) is -2.92. The summed E-state index contributed by atoms with van der Waals surface area (Å²) in [7, 11) is 0. The topological polar surface area (TPSA) is 90.8 Å². The molecule has 0 radical (unpaired) electrons. The highest BCUT2D eigenvalue weighted by molar-refractivity contribution is 5.73. The van der Waals surface area contributed by atoms with Crippen molar-refractivity contribution < 1.29 is 36.6 Å². The van der Waals surface area contributed by atoms with Crippen molar-refractivity contribution >= 4 is 17.6 Å². The molecule has 2 aliphatic rings. The number of rotatable bonds is 7. The van der Waals surface area contributed by atoms with Crippen molar-refractivity contribution in [3.8, 4) is 5.75 Å². The maximum Gasteiger partial charge on any atom is 0.490 e. The second-order valence-electron chi connectivity index (χ2n) is 11.1. The molecule has 1 aromatic heterocycles. The molecule has 0 saturated carbocycles. The number of halogens is 5. The minimum absolute atomic E-state index is 0.0999. The summed E-state index contributed by atoms with van der Waals surface area (Å²) in [5, 5.41) is 10.6. The Morgan fingerprint density at radius 2 is 1.73 bits per heavy atom. The summed E-state index contributed by atoms with van der Waals surface area (Å²) in [6, 6.07) is 14.4. The van der Waals surface area contributed by atoms with Crippen molar-refractivity contribution in [2.24, 2.45) is 0 Å². The predicted molar refractivity (Wildman–Crippen MR) is 156 cm³/mol. The van der Waals surface area contributed by atoms with Gasteiger partial charge in [-0.2, -0.15) is 13.2 Å². The zero-order valence-electron chi connectivity index (χ0n) is 24.7. The maximum atomic E-state index is 14.1. The van der Waals surface area contributed by atoms with Gasteiger partial charge in [0, 0.05) is 57.5 Å². The Balaban J connectivity index is 0.000000566. The van der Waals surface area contributed by atoms with Gasteiger partial charge in [-0.05, 0) is 38.5 Å². The number of benzene rings is 2. The molecule has 5 rings (SSSR count). The average Bonchev–Trinajstić information content (AvgIpc) is 2.96. The number of ether oxygens (including phenoxy) is 1. The van der Waals surface area contributed by atoms with Gasteiger partial charge in [-0.25, -0.2) is 23.5 Å². The largest absolute Gasteiger partial charge is 0.490 e. The molecule has 3 heterocycles. The van der Waals surface area contributed by atoms with Crippen LogP contribution >= 0.6 is 0 Å². The van der Waals surface area contributed by atoms with E-state index in [1.165, 1.54) is 17.7 Å². The highest BCUT2D eigenvalue weighted by Crippen LogP contribution is 2.35. The third-order valence-corrected chi connectivity index (χ3v) is 7.39. The fourth-order valence-corrected chi connectivity index (χ4v) is 5.17. The first-order valence-electron chi connectivity index (χ1n) is 14.4. The first kappa shape index (κ1) is 32.9. The molecule has 1 atom stereocenters. The van der Waals surface area contributed by atoms with E-state index in [0.29, 0.717) is 12.8 Å². The normalized spacial score (nSPS) is 17.5. The van der Waals surface area contributed by atoms with Crippen LogP contribution in [-0.4, -0.2) is 63.9 Å². The van der Waals surface area contributed by atoms with Crippen LogP contribution in [0.5, 0.6) is 5.75 Å². The van der Waals surface area contributed by atoms with Crippen LogP contribution < -0.4 is 15.0 Å². The van der Waals surface area contributed by atoms with E-state index >= 15 is 0 Å². The van der Waals surface area contributed by atoms with Crippen LogP contribution in [0.25, 0.3) is 0 Å². The molecule has 2 aliphatic heterocycles. The van der Waals surface area contributed by atoms with Gasteiger partial charge in [-0.3, -0.25) is 4.90 Å². The van der Waals surface area contributed by atoms with Crippen LogP contribution in [-0.2, 0) is 17.8 Å². The molecule has 2 aromatic carbocycles. The number of aromatic nitrogens is 2. The van der Waals surface area contributed by atoms with Crippen molar-refractivity contribution in [3.63, 3.8) is 0 Å². The number of carboxylic acids is 1. The van der Waals surface area contributed by atoms with Crippen molar-refractivity contribution in [2.75, 3.05) is 29.9 Å². The molecule has 1 fully saturated rings. The molecular weight excluding hydrogens is 585 g/mol. The lowest BCUT2D eigenvalue weighted by molar-refractivity contribution is -0.192. The number of piperidine rings is 1. The number of carbonyl (C=O) groups is 1. The minimum Gasteiger partial charge on any atom is -0.487 e. The van der Waals surface area contributed by atoms with Crippen LogP contribution in [0.1, 0.15) is 56.6 Å². The Kier molecular flexibility index (Phi) is 10.6. The molecule has 1 unspecified atom stereocenters. The van der Waals surface area contributed by atoms with E-state index in [1.54, 1.807) is 0 Å². The number of alkyl halides is 3. The van der Waals surface area contributed by atoms with Gasteiger partial charge < -0.3 is 20.1 Å². The molecule has 0 spiro atoms.